The van der Waals surface area contributed by atoms with Gasteiger partial charge in [-0.15, -0.1) is 10.2 Å². The summed E-state index contributed by atoms with van der Waals surface area (Å²) in [4.78, 5) is 5.72. The van der Waals surface area contributed by atoms with Gasteiger partial charge in [-0.2, -0.15) is 13.2 Å². The summed E-state index contributed by atoms with van der Waals surface area (Å²) in [6, 6.07) is 3.41. The summed E-state index contributed by atoms with van der Waals surface area (Å²) in [5.74, 6) is 0.640. The molecular weight excluding hydrogens is 379 g/mol. The van der Waals surface area contributed by atoms with Crippen LogP contribution in [-0.4, -0.2) is 52.2 Å². The Morgan fingerprint density at radius 3 is 2.60 bits per heavy atom. The van der Waals surface area contributed by atoms with E-state index in [0.717, 1.165) is 10.1 Å². The van der Waals surface area contributed by atoms with Crippen LogP contribution in [0.2, 0.25) is 5.15 Å². The van der Waals surface area contributed by atoms with Crippen molar-refractivity contribution in [1.29, 1.82) is 0 Å². The standard InChI is InChI=1S/C14H15ClF3N5OS/c15-11-2-1-10(7-19-11)8-25-13-21-20-12(22-3-5-24-6-4-22)23(13)9-14(16,17)18/h1-2,7H,3-6,8-9H2. The van der Waals surface area contributed by atoms with Crippen molar-refractivity contribution in [2.75, 3.05) is 31.2 Å². The number of alkyl halides is 3. The molecule has 0 radical (unpaired) electrons. The number of aromatic nitrogens is 4. The van der Waals surface area contributed by atoms with E-state index in [1.54, 1.807) is 23.2 Å². The molecule has 0 saturated carbocycles. The molecule has 1 aliphatic rings. The molecule has 136 valence electrons. The minimum atomic E-state index is -4.36. The Morgan fingerprint density at radius 2 is 1.96 bits per heavy atom. The SMILES string of the molecule is FC(F)(F)Cn1c(SCc2ccc(Cl)nc2)nnc1N1CCOCC1. The van der Waals surface area contributed by atoms with E-state index in [9.17, 15) is 13.2 Å². The van der Waals surface area contributed by atoms with Gasteiger partial charge in [-0.3, -0.25) is 4.57 Å². The number of pyridine rings is 1. The van der Waals surface area contributed by atoms with Gasteiger partial charge in [-0.1, -0.05) is 29.4 Å². The second kappa shape index (κ2) is 7.79. The van der Waals surface area contributed by atoms with E-state index in [1.165, 1.54) is 11.8 Å². The first-order valence-corrected chi connectivity index (χ1v) is 8.84. The van der Waals surface area contributed by atoms with Gasteiger partial charge in [0, 0.05) is 25.0 Å². The molecule has 0 aliphatic carbocycles. The third kappa shape index (κ3) is 4.99. The molecule has 1 fully saturated rings. The maximum Gasteiger partial charge on any atom is 0.406 e. The first-order valence-electron chi connectivity index (χ1n) is 7.48. The fourth-order valence-corrected chi connectivity index (χ4v) is 3.32. The molecule has 0 bridgehead atoms. The number of rotatable bonds is 5. The zero-order valence-electron chi connectivity index (χ0n) is 13.0. The van der Waals surface area contributed by atoms with Gasteiger partial charge in [-0.25, -0.2) is 4.98 Å². The molecule has 3 rings (SSSR count). The maximum atomic E-state index is 13.0. The Balaban J connectivity index is 1.79. The predicted molar refractivity (Wildman–Crippen MR) is 87.9 cm³/mol. The number of anilines is 1. The van der Waals surface area contributed by atoms with Crippen molar-refractivity contribution >= 4 is 29.3 Å². The van der Waals surface area contributed by atoms with Crippen LogP contribution in [0.1, 0.15) is 5.56 Å². The van der Waals surface area contributed by atoms with Gasteiger partial charge in [-0.05, 0) is 11.6 Å². The fraction of sp³-hybridized carbons (Fsp3) is 0.500. The number of thioether (sulfide) groups is 1. The van der Waals surface area contributed by atoms with Gasteiger partial charge in [0.2, 0.25) is 5.95 Å². The Morgan fingerprint density at radius 1 is 1.20 bits per heavy atom. The average molecular weight is 394 g/mol. The molecule has 0 amide bonds. The van der Waals surface area contributed by atoms with Crippen LogP contribution in [0, 0.1) is 0 Å². The van der Waals surface area contributed by atoms with Crippen LogP contribution in [0.15, 0.2) is 23.5 Å². The molecule has 0 N–H and O–H groups in total. The number of ether oxygens (including phenoxy) is 1. The summed E-state index contributed by atoms with van der Waals surface area (Å²) < 4.78 is 45.4. The number of halogens is 4. The lowest BCUT2D eigenvalue weighted by Gasteiger charge is -2.28. The van der Waals surface area contributed by atoms with Crippen molar-refractivity contribution < 1.29 is 17.9 Å². The third-order valence-electron chi connectivity index (χ3n) is 3.49. The molecule has 25 heavy (non-hydrogen) atoms. The van der Waals surface area contributed by atoms with E-state index >= 15 is 0 Å². The summed E-state index contributed by atoms with van der Waals surface area (Å²) >= 11 is 6.91. The van der Waals surface area contributed by atoms with Crippen LogP contribution in [0.25, 0.3) is 0 Å². The number of nitrogens with zero attached hydrogens (tertiary/aromatic N) is 5. The van der Waals surface area contributed by atoms with E-state index < -0.39 is 12.7 Å². The molecule has 6 nitrogen and oxygen atoms in total. The molecule has 2 aromatic rings. The fourth-order valence-electron chi connectivity index (χ4n) is 2.34. The van der Waals surface area contributed by atoms with E-state index in [4.69, 9.17) is 16.3 Å². The highest BCUT2D eigenvalue weighted by molar-refractivity contribution is 7.98. The highest BCUT2D eigenvalue weighted by atomic mass is 35.5. The smallest absolute Gasteiger partial charge is 0.378 e. The van der Waals surface area contributed by atoms with Crippen molar-refractivity contribution in [2.24, 2.45) is 0 Å². The lowest BCUT2D eigenvalue weighted by atomic mass is 10.3. The van der Waals surface area contributed by atoms with Gasteiger partial charge in [0.25, 0.3) is 0 Å². The van der Waals surface area contributed by atoms with Gasteiger partial charge >= 0.3 is 6.18 Å². The first kappa shape index (κ1) is 18.3. The Kier molecular flexibility index (Phi) is 5.70. The van der Waals surface area contributed by atoms with Crippen molar-refractivity contribution in [3.8, 4) is 0 Å². The molecule has 2 aromatic heterocycles. The zero-order valence-corrected chi connectivity index (χ0v) is 14.6. The summed E-state index contributed by atoms with van der Waals surface area (Å²) in [6.07, 6.45) is -2.77. The summed E-state index contributed by atoms with van der Waals surface area (Å²) in [7, 11) is 0. The quantitative estimate of drug-likeness (QED) is 0.575. The molecular formula is C14H15ClF3N5OS. The zero-order chi connectivity index (χ0) is 17.9. The minimum Gasteiger partial charge on any atom is -0.378 e. The highest BCUT2D eigenvalue weighted by Gasteiger charge is 2.32. The molecule has 0 spiro atoms. The molecule has 1 aliphatic heterocycles. The molecule has 0 aromatic carbocycles. The molecule has 1 saturated heterocycles. The van der Waals surface area contributed by atoms with Gasteiger partial charge in [0.05, 0.1) is 13.2 Å². The molecule has 0 unspecified atom stereocenters. The lowest BCUT2D eigenvalue weighted by molar-refractivity contribution is -0.141. The lowest BCUT2D eigenvalue weighted by Crippen LogP contribution is -2.38. The number of morpholine rings is 1. The van der Waals surface area contributed by atoms with Crippen LogP contribution in [0.3, 0.4) is 0 Å². The topological polar surface area (TPSA) is 56.1 Å². The third-order valence-corrected chi connectivity index (χ3v) is 4.75. The van der Waals surface area contributed by atoms with E-state index in [2.05, 4.69) is 15.2 Å². The van der Waals surface area contributed by atoms with E-state index in [0.29, 0.717) is 37.2 Å². The van der Waals surface area contributed by atoms with Crippen LogP contribution in [-0.2, 0) is 17.0 Å². The Labute approximate surface area is 151 Å². The second-order valence-corrected chi connectivity index (χ2v) is 6.69. The van der Waals surface area contributed by atoms with Crippen molar-refractivity contribution in [3.63, 3.8) is 0 Å². The van der Waals surface area contributed by atoms with Crippen LogP contribution >= 0.6 is 23.4 Å². The van der Waals surface area contributed by atoms with Crippen molar-refractivity contribution in [1.82, 2.24) is 19.7 Å². The average Bonchev–Trinajstić information content (AvgIpc) is 2.96. The number of hydrogen-bond acceptors (Lipinski definition) is 6. The van der Waals surface area contributed by atoms with E-state index in [1.807, 2.05) is 0 Å². The highest BCUT2D eigenvalue weighted by Crippen LogP contribution is 2.29. The molecule has 0 atom stereocenters. The summed E-state index contributed by atoms with van der Waals surface area (Å²) in [5.41, 5.74) is 0.837. The Hall–Kier alpha value is -1.52. The largest absolute Gasteiger partial charge is 0.406 e. The second-order valence-electron chi connectivity index (χ2n) is 5.36. The molecule has 11 heteroatoms. The number of hydrogen-bond donors (Lipinski definition) is 0. The van der Waals surface area contributed by atoms with Gasteiger partial charge < -0.3 is 9.64 Å². The monoisotopic (exact) mass is 393 g/mol. The van der Waals surface area contributed by atoms with Crippen molar-refractivity contribution in [2.45, 2.75) is 23.6 Å². The normalized spacial score (nSPS) is 15.6. The van der Waals surface area contributed by atoms with Gasteiger partial charge in [0.1, 0.15) is 11.7 Å². The van der Waals surface area contributed by atoms with E-state index in [-0.39, 0.29) is 11.1 Å². The van der Waals surface area contributed by atoms with Crippen LogP contribution in [0.4, 0.5) is 19.1 Å². The van der Waals surface area contributed by atoms with Crippen LogP contribution < -0.4 is 4.90 Å². The summed E-state index contributed by atoms with van der Waals surface area (Å²) in [6.45, 7) is 0.757. The first-order chi connectivity index (χ1) is 11.9. The van der Waals surface area contributed by atoms with Crippen LogP contribution in [0.5, 0.6) is 0 Å². The van der Waals surface area contributed by atoms with Gasteiger partial charge in [0.15, 0.2) is 5.16 Å². The summed E-state index contributed by atoms with van der Waals surface area (Å²) in [5, 5.41) is 8.51. The molecule has 3 heterocycles. The Bertz CT molecular complexity index is 703. The minimum absolute atomic E-state index is 0.216. The maximum absolute atomic E-state index is 13.0. The predicted octanol–water partition coefficient (Wildman–Crippen LogP) is 3.02. The van der Waals surface area contributed by atoms with Crippen molar-refractivity contribution in [3.05, 3.63) is 29.0 Å².